The van der Waals surface area contributed by atoms with E-state index in [2.05, 4.69) is 15.5 Å². The molecule has 1 amide bonds. The van der Waals surface area contributed by atoms with Crippen LogP contribution in [0.25, 0.3) is 0 Å². The van der Waals surface area contributed by atoms with Crippen molar-refractivity contribution >= 4 is 22.4 Å². The Morgan fingerprint density at radius 3 is 2.82 bits per heavy atom. The molecule has 22 heavy (non-hydrogen) atoms. The Balaban J connectivity index is 2.00. The van der Waals surface area contributed by atoms with E-state index in [-0.39, 0.29) is 10.9 Å². The van der Waals surface area contributed by atoms with Crippen molar-refractivity contribution in [2.75, 3.05) is 18.0 Å². The van der Waals surface area contributed by atoms with E-state index in [9.17, 15) is 13.6 Å². The second-order valence-electron chi connectivity index (χ2n) is 4.97. The molecule has 0 saturated carbocycles. The highest BCUT2D eigenvalue weighted by Crippen LogP contribution is 2.34. The molecular weight excluding hydrogens is 310 g/mol. The van der Waals surface area contributed by atoms with E-state index in [0.29, 0.717) is 18.2 Å². The van der Waals surface area contributed by atoms with Crippen LogP contribution in [0.5, 0.6) is 0 Å². The summed E-state index contributed by atoms with van der Waals surface area (Å²) in [5.41, 5.74) is 1.81. The van der Waals surface area contributed by atoms with Crippen LogP contribution in [0.4, 0.5) is 13.9 Å². The first kappa shape index (κ1) is 14.8. The van der Waals surface area contributed by atoms with E-state index in [4.69, 9.17) is 0 Å². The fourth-order valence-electron chi connectivity index (χ4n) is 2.51. The smallest absolute Gasteiger partial charge is 0.291 e. The number of alkyl halides is 2. The van der Waals surface area contributed by atoms with Crippen molar-refractivity contribution in [2.24, 2.45) is 0 Å². The number of rotatable bonds is 3. The number of nitrogens with one attached hydrogen (secondary N) is 1. The van der Waals surface area contributed by atoms with Crippen LogP contribution in [0.2, 0.25) is 0 Å². The van der Waals surface area contributed by atoms with Gasteiger partial charge in [0, 0.05) is 13.1 Å². The zero-order chi connectivity index (χ0) is 15.7. The first-order valence-electron chi connectivity index (χ1n) is 6.79. The fraction of sp³-hybridized carbons (Fsp3) is 0.357. The second-order valence-corrected chi connectivity index (χ2v) is 5.95. The zero-order valence-corrected chi connectivity index (χ0v) is 12.6. The Bertz CT molecular complexity index is 691. The number of aromatic nitrogens is 2. The van der Waals surface area contributed by atoms with E-state index in [1.54, 1.807) is 4.90 Å². The minimum atomic E-state index is -2.65. The van der Waals surface area contributed by atoms with Crippen molar-refractivity contribution in [2.45, 2.75) is 19.4 Å². The van der Waals surface area contributed by atoms with Gasteiger partial charge in [-0.2, -0.15) is 0 Å². The van der Waals surface area contributed by atoms with E-state index in [1.807, 2.05) is 31.2 Å². The molecule has 1 aliphatic heterocycles. The molecule has 2 aromatic rings. The number of carbonyl (C=O) groups is 1. The molecule has 1 aliphatic rings. The molecule has 8 heteroatoms. The number of carbonyl (C=O) groups excluding carboxylic acids is 1. The van der Waals surface area contributed by atoms with Crippen LogP contribution < -0.4 is 10.2 Å². The van der Waals surface area contributed by atoms with Gasteiger partial charge in [-0.1, -0.05) is 35.6 Å². The molecular formula is C14H14F2N4OS. The highest BCUT2D eigenvalue weighted by molar-refractivity contribution is 7.15. The maximum absolute atomic E-state index is 12.7. The van der Waals surface area contributed by atoms with Crippen LogP contribution in [-0.4, -0.2) is 29.2 Å². The van der Waals surface area contributed by atoms with Crippen molar-refractivity contribution in [3.63, 3.8) is 0 Å². The predicted octanol–water partition coefficient (Wildman–Crippen LogP) is 2.46. The molecule has 1 fully saturated rings. The van der Waals surface area contributed by atoms with Crippen LogP contribution in [0.15, 0.2) is 24.3 Å². The van der Waals surface area contributed by atoms with Crippen molar-refractivity contribution < 1.29 is 13.6 Å². The largest absolute Gasteiger partial charge is 0.352 e. The van der Waals surface area contributed by atoms with Gasteiger partial charge >= 0.3 is 0 Å². The zero-order valence-electron chi connectivity index (χ0n) is 11.8. The van der Waals surface area contributed by atoms with Gasteiger partial charge in [-0.3, -0.25) is 4.79 Å². The third-order valence-electron chi connectivity index (χ3n) is 3.56. The quantitative estimate of drug-likeness (QED) is 0.942. The van der Waals surface area contributed by atoms with Gasteiger partial charge in [0.25, 0.3) is 6.43 Å². The molecule has 1 unspecified atom stereocenters. The van der Waals surface area contributed by atoms with Crippen LogP contribution in [0, 0.1) is 6.92 Å². The number of halogens is 2. The summed E-state index contributed by atoms with van der Waals surface area (Å²) in [6, 6.07) is 6.96. The van der Waals surface area contributed by atoms with Crippen LogP contribution in [0.3, 0.4) is 0 Å². The van der Waals surface area contributed by atoms with Gasteiger partial charge in [-0.05, 0) is 18.1 Å². The maximum Gasteiger partial charge on any atom is 0.291 e. The third kappa shape index (κ3) is 2.66. The molecule has 1 atom stereocenters. The van der Waals surface area contributed by atoms with Crippen LogP contribution in [0.1, 0.15) is 28.6 Å². The Kier molecular flexibility index (Phi) is 4.02. The summed E-state index contributed by atoms with van der Waals surface area (Å²) in [5.74, 6) is -0.158. The Labute approximate surface area is 130 Å². The van der Waals surface area contributed by atoms with Gasteiger partial charge in [0.15, 0.2) is 5.01 Å². The van der Waals surface area contributed by atoms with Crippen molar-refractivity contribution in [3.05, 3.63) is 40.4 Å². The highest BCUT2D eigenvalue weighted by atomic mass is 32.1. The summed E-state index contributed by atoms with van der Waals surface area (Å²) in [4.78, 5) is 14.1. The number of nitrogens with zero attached hydrogens (tertiary/aromatic N) is 3. The SMILES string of the molecule is Cc1ccccc1C1C(=O)NCCN1c1nnc(C(F)F)s1. The predicted molar refractivity (Wildman–Crippen MR) is 79.1 cm³/mol. The number of aryl methyl sites for hydroxylation is 1. The summed E-state index contributed by atoms with van der Waals surface area (Å²) < 4.78 is 25.4. The number of anilines is 1. The third-order valence-corrected chi connectivity index (χ3v) is 4.53. The Morgan fingerprint density at radius 1 is 1.36 bits per heavy atom. The van der Waals surface area contributed by atoms with E-state index < -0.39 is 12.5 Å². The van der Waals surface area contributed by atoms with Gasteiger partial charge in [0.2, 0.25) is 11.0 Å². The molecule has 1 saturated heterocycles. The average molecular weight is 324 g/mol. The molecule has 0 aliphatic carbocycles. The molecule has 0 bridgehead atoms. The second kappa shape index (κ2) is 5.96. The Morgan fingerprint density at radius 2 is 2.14 bits per heavy atom. The molecule has 0 radical (unpaired) electrons. The van der Waals surface area contributed by atoms with Gasteiger partial charge in [0.1, 0.15) is 6.04 Å². The summed E-state index contributed by atoms with van der Waals surface area (Å²) in [6.45, 7) is 2.87. The first-order chi connectivity index (χ1) is 10.6. The molecule has 0 spiro atoms. The van der Waals surface area contributed by atoms with Crippen LogP contribution in [-0.2, 0) is 4.79 Å². The van der Waals surface area contributed by atoms with E-state index in [0.717, 1.165) is 22.5 Å². The van der Waals surface area contributed by atoms with Gasteiger partial charge < -0.3 is 10.2 Å². The maximum atomic E-state index is 12.7. The summed E-state index contributed by atoms with van der Waals surface area (Å²) in [6.07, 6.45) is -2.65. The molecule has 116 valence electrons. The minimum Gasteiger partial charge on any atom is -0.352 e. The average Bonchev–Trinajstić information content (AvgIpc) is 2.98. The first-order valence-corrected chi connectivity index (χ1v) is 7.61. The van der Waals surface area contributed by atoms with E-state index in [1.165, 1.54) is 0 Å². The number of hydrogen-bond acceptors (Lipinski definition) is 5. The Hall–Kier alpha value is -2.09. The van der Waals surface area contributed by atoms with Gasteiger partial charge in [0.05, 0.1) is 0 Å². The fourth-order valence-corrected chi connectivity index (χ4v) is 3.26. The lowest BCUT2D eigenvalue weighted by Crippen LogP contribution is -2.50. The lowest BCUT2D eigenvalue weighted by molar-refractivity contribution is -0.123. The minimum absolute atomic E-state index is 0.158. The molecule has 1 aromatic carbocycles. The summed E-state index contributed by atoms with van der Waals surface area (Å²) >= 11 is 0.828. The number of amides is 1. The van der Waals surface area contributed by atoms with Crippen molar-refractivity contribution in [3.8, 4) is 0 Å². The molecule has 5 nitrogen and oxygen atoms in total. The number of benzene rings is 1. The lowest BCUT2D eigenvalue weighted by Gasteiger charge is -2.35. The molecule has 1 N–H and O–H groups in total. The standard InChI is InChI=1S/C14H14F2N4OS/c1-8-4-2-3-5-9(8)10-12(21)17-6-7-20(10)14-19-18-13(22-14)11(15)16/h2-5,10-11H,6-7H2,1H3,(H,17,21). The van der Waals surface area contributed by atoms with E-state index >= 15 is 0 Å². The van der Waals surface area contributed by atoms with Crippen molar-refractivity contribution in [1.29, 1.82) is 0 Å². The normalized spacial score (nSPS) is 18.6. The molecule has 1 aromatic heterocycles. The number of hydrogen-bond donors (Lipinski definition) is 1. The monoisotopic (exact) mass is 324 g/mol. The molecule has 3 rings (SSSR count). The number of piperazine rings is 1. The molecule has 2 heterocycles. The van der Waals surface area contributed by atoms with Gasteiger partial charge in [-0.15, -0.1) is 10.2 Å². The summed E-state index contributed by atoms with van der Waals surface area (Å²) in [5, 5.41) is 10.2. The lowest BCUT2D eigenvalue weighted by atomic mass is 9.98. The summed E-state index contributed by atoms with van der Waals surface area (Å²) in [7, 11) is 0. The topological polar surface area (TPSA) is 58.1 Å². The van der Waals surface area contributed by atoms with Gasteiger partial charge in [-0.25, -0.2) is 8.78 Å². The van der Waals surface area contributed by atoms with Crippen LogP contribution >= 0.6 is 11.3 Å². The van der Waals surface area contributed by atoms with Crippen molar-refractivity contribution in [1.82, 2.24) is 15.5 Å². The highest BCUT2D eigenvalue weighted by Gasteiger charge is 2.34.